The van der Waals surface area contributed by atoms with Crippen LogP contribution in [0.5, 0.6) is 0 Å². The normalized spacial score (nSPS) is 9.27. The zero-order chi connectivity index (χ0) is 8.27. The van der Waals surface area contributed by atoms with E-state index in [1.54, 1.807) is 19.1 Å². The molecule has 0 atom stereocenters. The number of hydrogen-bond donors (Lipinski definition) is 1. The van der Waals surface area contributed by atoms with Crippen molar-refractivity contribution >= 4 is 5.97 Å². The molecule has 0 spiro atoms. The lowest BCUT2D eigenvalue weighted by atomic mass is 10.2. The van der Waals surface area contributed by atoms with E-state index >= 15 is 0 Å². The van der Waals surface area contributed by atoms with Gasteiger partial charge in [0.1, 0.15) is 0 Å². The fourth-order valence-corrected chi connectivity index (χ4v) is 0.741. The fraction of sp³-hybridized carbons (Fsp3) is 0.143. The Balaban J connectivity index is 2.96. The Bertz CT molecular complexity index is 273. The Hall–Kier alpha value is -1.42. The van der Waals surface area contributed by atoms with Crippen LogP contribution in [0.3, 0.4) is 0 Å². The number of pyridine rings is 1. The van der Waals surface area contributed by atoms with Crippen molar-refractivity contribution < 1.29 is 9.63 Å². The first-order chi connectivity index (χ1) is 5.24. The molecular formula is C7H8N2O2. The predicted octanol–water partition coefficient (Wildman–Crippen LogP) is 0.421. The Morgan fingerprint density at radius 2 is 2.45 bits per heavy atom. The molecule has 0 fully saturated rings. The van der Waals surface area contributed by atoms with Crippen molar-refractivity contribution in [3.63, 3.8) is 0 Å². The van der Waals surface area contributed by atoms with Gasteiger partial charge in [0.05, 0.1) is 5.56 Å². The summed E-state index contributed by atoms with van der Waals surface area (Å²) in [7, 11) is 0. The van der Waals surface area contributed by atoms with Gasteiger partial charge in [0, 0.05) is 11.9 Å². The highest BCUT2D eigenvalue weighted by Crippen LogP contribution is 2.00. The van der Waals surface area contributed by atoms with Gasteiger partial charge in [-0.15, -0.1) is 0 Å². The van der Waals surface area contributed by atoms with Gasteiger partial charge >= 0.3 is 5.97 Å². The van der Waals surface area contributed by atoms with Crippen molar-refractivity contribution in [1.82, 2.24) is 4.98 Å². The minimum Gasteiger partial charge on any atom is -0.370 e. The summed E-state index contributed by atoms with van der Waals surface area (Å²) < 4.78 is 0. The van der Waals surface area contributed by atoms with Crippen LogP contribution in [0.1, 0.15) is 16.1 Å². The minimum absolute atomic E-state index is 0.417. The lowest BCUT2D eigenvalue weighted by Crippen LogP contribution is -2.10. The third-order valence-corrected chi connectivity index (χ3v) is 1.24. The Kier molecular flexibility index (Phi) is 2.18. The summed E-state index contributed by atoms with van der Waals surface area (Å²) in [6.07, 6.45) is 1.53. The van der Waals surface area contributed by atoms with Crippen LogP contribution in [0.25, 0.3) is 0 Å². The first kappa shape index (κ1) is 7.68. The summed E-state index contributed by atoms with van der Waals surface area (Å²) in [6.45, 7) is 1.79. The monoisotopic (exact) mass is 152 g/mol. The van der Waals surface area contributed by atoms with Gasteiger partial charge < -0.3 is 4.84 Å². The summed E-state index contributed by atoms with van der Waals surface area (Å²) in [5, 5.41) is 0. The minimum atomic E-state index is -0.546. The largest absolute Gasteiger partial charge is 0.370 e. The molecular weight excluding hydrogens is 144 g/mol. The average molecular weight is 152 g/mol. The first-order valence-electron chi connectivity index (χ1n) is 3.08. The lowest BCUT2D eigenvalue weighted by Gasteiger charge is -1.97. The molecule has 11 heavy (non-hydrogen) atoms. The number of carbonyl (C=O) groups excluding carboxylic acids is 1. The quantitative estimate of drug-likeness (QED) is 0.592. The van der Waals surface area contributed by atoms with Crippen LogP contribution in [0.15, 0.2) is 18.3 Å². The van der Waals surface area contributed by atoms with Gasteiger partial charge in [0.15, 0.2) is 0 Å². The van der Waals surface area contributed by atoms with Gasteiger partial charge in [-0.05, 0) is 19.1 Å². The third kappa shape index (κ3) is 1.75. The number of aryl methyl sites for hydroxylation is 1. The van der Waals surface area contributed by atoms with Gasteiger partial charge in [-0.2, -0.15) is 5.90 Å². The molecule has 0 unspecified atom stereocenters. The third-order valence-electron chi connectivity index (χ3n) is 1.24. The molecule has 58 valence electrons. The summed E-state index contributed by atoms with van der Waals surface area (Å²) in [4.78, 5) is 18.7. The number of nitrogens with two attached hydrogens (primary N) is 1. The first-order valence-corrected chi connectivity index (χ1v) is 3.08. The molecule has 1 aromatic heterocycles. The maximum atomic E-state index is 10.8. The molecule has 0 aliphatic carbocycles. The highest BCUT2D eigenvalue weighted by molar-refractivity contribution is 5.89. The van der Waals surface area contributed by atoms with Crippen molar-refractivity contribution in [1.29, 1.82) is 0 Å². The molecule has 1 aromatic rings. The van der Waals surface area contributed by atoms with Crippen LogP contribution >= 0.6 is 0 Å². The zero-order valence-electron chi connectivity index (χ0n) is 6.07. The smallest absolute Gasteiger partial charge is 0.356 e. The van der Waals surface area contributed by atoms with E-state index < -0.39 is 5.97 Å². The van der Waals surface area contributed by atoms with E-state index in [-0.39, 0.29) is 0 Å². The molecule has 0 aliphatic heterocycles. The lowest BCUT2D eigenvalue weighted by molar-refractivity contribution is 0.0503. The summed E-state index contributed by atoms with van der Waals surface area (Å²) in [5.41, 5.74) is 1.17. The second-order valence-electron chi connectivity index (χ2n) is 2.09. The number of nitrogens with zero attached hydrogens (tertiary/aromatic N) is 1. The summed E-state index contributed by atoms with van der Waals surface area (Å²) in [6, 6.07) is 3.15. The van der Waals surface area contributed by atoms with Crippen molar-refractivity contribution in [2.24, 2.45) is 5.90 Å². The van der Waals surface area contributed by atoms with Crippen molar-refractivity contribution in [2.75, 3.05) is 0 Å². The molecule has 0 bridgehead atoms. The SMILES string of the molecule is Cc1cc(C(=O)ON)ccn1. The van der Waals surface area contributed by atoms with Crippen LogP contribution in [0, 0.1) is 6.92 Å². The molecule has 1 heterocycles. The molecule has 0 saturated carbocycles. The summed E-state index contributed by atoms with van der Waals surface area (Å²) in [5.74, 6) is 4.14. The van der Waals surface area contributed by atoms with E-state index in [4.69, 9.17) is 0 Å². The average Bonchev–Trinajstić information content (AvgIpc) is 2.03. The van der Waals surface area contributed by atoms with E-state index in [0.717, 1.165) is 5.69 Å². The highest BCUT2D eigenvalue weighted by Gasteiger charge is 2.04. The van der Waals surface area contributed by atoms with Crippen LogP contribution in [0.4, 0.5) is 0 Å². The molecule has 0 aliphatic rings. The van der Waals surface area contributed by atoms with Crippen LogP contribution < -0.4 is 5.90 Å². The topological polar surface area (TPSA) is 65.2 Å². The van der Waals surface area contributed by atoms with E-state index in [2.05, 4.69) is 15.7 Å². The maximum Gasteiger partial charge on any atom is 0.356 e. The molecule has 0 saturated heterocycles. The fourth-order valence-electron chi connectivity index (χ4n) is 0.741. The van der Waals surface area contributed by atoms with Gasteiger partial charge in [-0.25, -0.2) is 4.79 Å². The molecule has 1 rings (SSSR count). The van der Waals surface area contributed by atoms with Gasteiger partial charge in [-0.3, -0.25) is 4.98 Å². The van der Waals surface area contributed by atoms with Crippen molar-refractivity contribution in [2.45, 2.75) is 6.92 Å². The molecule has 4 heteroatoms. The van der Waals surface area contributed by atoms with Gasteiger partial charge in [0.2, 0.25) is 0 Å². The van der Waals surface area contributed by atoms with Gasteiger partial charge in [-0.1, -0.05) is 0 Å². The number of carbonyl (C=O) groups is 1. The van der Waals surface area contributed by atoms with E-state index in [1.807, 2.05) is 0 Å². The molecule has 0 radical (unpaired) electrons. The van der Waals surface area contributed by atoms with Crippen molar-refractivity contribution in [3.05, 3.63) is 29.6 Å². The number of hydrogen-bond acceptors (Lipinski definition) is 4. The Labute approximate surface area is 63.9 Å². The molecule has 0 amide bonds. The second-order valence-corrected chi connectivity index (χ2v) is 2.09. The number of aromatic nitrogens is 1. The van der Waals surface area contributed by atoms with Crippen LogP contribution in [0.2, 0.25) is 0 Å². The van der Waals surface area contributed by atoms with Crippen LogP contribution in [-0.4, -0.2) is 11.0 Å². The van der Waals surface area contributed by atoms with E-state index in [9.17, 15) is 4.79 Å². The maximum absolute atomic E-state index is 10.8. The number of rotatable bonds is 1. The summed E-state index contributed by atoms with van der Waals surface area (Å²) >= 11 is 0. The molecule has 0 aromatic carbocycles. The highest BCUT2D eigenvalue weighted by atomic mass is 16.7. The van der Waals surface area contributed by atoms with Crippen molar-refractivity contribution in [3.8, 4) is 0 Å². The van der Waals surface area contributed by atoms with E-state index in [1.165, 1.54) is 6.20 Å². The predicted molar refractivity (Wildman–Crippen MR) is 38.6 cm³/mol. The van der Waals surface area contributed by atoms with Gasteiger partial charge in [0.25, 0.3) is 0 Å². The Morgan fingerprint density at radius 1 is 1.73 bits per heavy atom. The molecule has 2 N–H and O–H groups in total. The van der Waals surface area contributed by atoms with Crippen LogP contribution in [-0.2, 0) is 4.84 Å². The van der Waals surface area contributed by atoms with E-state index in [0.29, 0.717) is 5.56 Å². The standard InChI is InChI=1S/C7H8N2O2/c1-5-4-6(2-3-9-5)7(10)11-8/h2-4H,8H2,1H3. The Morgan fingerprint density at radius 3 is 3.00 bits per heavy atom. The zero-order valence-corrected chi connectivity index (χ0v) is 6.07. The molecule has 4 nitrogen and oxygen atoms in total. The second kappa shape index (κ2) is 3.12.